The maximum Gasteiger partial charge on any atom is 0.123 e. The monoisotopic (exact) mass is 414 g/mol. The predicted octanol–water partition coefficient (Wildman–Crippen LogP) is 4.77. The molecule has 1 aliphatic carbocycles. The van der Waals surface area contributed by atoms with Crippen LogP contribution >= 0.6 is 0 Å². The average Bonchev–Trinajstić information content (AvgIpc) is 3.48. The zero-order valence-electron chi connectivity index (χ0n) is 18.1. The molecule has 4 aromatic rings. The van der Waals surface area contributed by atoms with Crippen molar-refractivity contribution in [2.45, 2.75) is 51.1 Å². The van der Waals surface area contributed by atoms with Gasteiger partial charge in [0.15, 0.2) is 0 Å². The van der Waals surface area contributed by atoms with Gasteiger partial charge in [-0.05, 0) is 86.9 Å². The number of nitrogens with zero attached hydrogens (tertiary/aromatic N) is 5. The molecule has 0 saturated heterocycles. The average molecular weight is 415 g/mol. The summed E-state index contributed by atoms with van der Waals surface area (Å²) >= 11 is 0. The van der Waals surface area contributed by atoms with Gasteiger partial charge in [0.1, 0.15) is 12.7 Å². The molecule has 1 N–H and O–H groups in total. The van der Waals surface area contributed by atoms with E-state index < -0.39 is 0 Å². The van der Waals surface area contributed by atoms with Crippen molar-refractivity contribution in [1.82, 2.24) is 29.6 Å². The second-order valence-electron chi connectivity index (χ2n) is 8.90. The number of aromatic nitrogens is 5. The summed E-state index contributed by atoms with van der Waals surface area (Å²) in [7, 11) is 2.26. The highest BCUT2D eigenvalue weighted by atomic mass is 15.2. The molecule has 1 fully saturated rings. The van der Waals surface area contributed by atoms with Gasteiger partial charge in [0, 0.05) is 47.8 Å². The molecule has 0 radical (unpaired) electrons. The van der Waals surface area contributed by atoms with Crippen molar-refractivity contribution in [2.24, 2.45) is 5.92 Å². The molecule has 6 nitrogen and oxygen atoms in total. The third kappa shape index (κ3) is 4.54. The van der Waals surface area contributed by atoms with Gasteiger partial charge in [-0.25, -0.2) is 0 Å². The van der Waals surface area contributed by atoms with Gasteiger partial charge in [-0.15, -0.1) is 10.2 Å². The van der Waals surface area contributed by atoms with Crippen molar-refractivity contribution in [3.63, 3.8) is 0 Å². The third-order valence-corrected chi connectivity index (χ3v) is 6.88. The quantitative estimate of drug-likeness (QED) is 0.473. The predicted molar refractivity (Wildman–Crippen MR) is 123 cm³/mol. The molecule has 5 rings (SSSR count). The van der Waals surface area contributed by atoms with Crippen LogP contribution in [-0.2, 0) is 13.0 Å². The molecule has 0 unspecified atom stereocenters. The molecule has 31 heavy (non-hydrogen) atoms. The highest BCUT2D eigenvalue weighted by Gasteiger charge is 2.24. The first kappa shape index (κ1) is 19.9. The summed E-state index contributed by atoms with van der Waals surface area (Å²) in [6.45, 7) is 0.993. The topological polar surface area (TPSA) is 62.6 Å². The largest absolute Gasteiger partial charge is 0.361 e. The van der Waals surface area contributed by atoms with Crippen LogP contribution < -0.4 is 0 Å². The Morgan fingerprint density at radius 2 is 1.94 bits per heavy atom. The van der Waals surface area contributed by atoms with Crippen LogP contribution in [0.25, 0.3) is 16.6 Å². The molecule has 0 aliphatic heterocycles. The highest BCUT2D eigenvalue weighted by Crippen LogP contribution is 2.32. The van der Waals surface area contributed by atoms with Crippen LogP contribution in [0.3, 0.4) is 0 Å². The SMILES string of the molecule is CN(Cc1cccnc1)C1CCC(CCc2c[nH]c3ccc(-n4cnnc4)cc23)CC1. The van der Waals surface area contributed by atoms with Gasteiger partial charge in [0.05, 0.1) is 0 Å². The molecule has 0 bridgehead atoms. The molecule has 0 spiro atoms. The van der Waals surface area contributed by atoms with Gasteiger partial charge >= 0.3 is 0 Å². The molecule has 160 valence electrons. The molecule has 1 saturated carbocycles. The Morgan fingerprint density at radius 3 is 2.71 bits per heavy atom. The van der Waals surface area contributed by atoms with Crippen LogP contribution in [0.15, 0.2) is 61.6 Å². The summed E-state index contributed by atoms with van der Waals surface area (Å²) in [6.07, 6.45) is 17.2. The van der Waals surface area contributed by atoms with E-state index in [4.69, 9.17) is 0 Å². The van der Waals surface area contributed by atoms with E-state index in [0.29, 0.717) is 6.04 Å². The zero-order chi connectivity index (χ0) is 21.0. The molecule has 3 aromatic heterocycles. The van der Waals surface area contributed by atoms with Gasteiger partial charge in [-0.2, -0.15) is 0 Å². The van der Waals surface area contributed by atoms with Crippen molar-refractivity contribution in [2.75, 3.05) is 7.05 Å². The summed E-state index contributed by atoms with van der Waals surface area (Å²) in [5.74, 6) is 0.828. The normalized spacial score (nSPS) is 19.3. The Kier molecular flexibility index (Phi) is 5.80. The Morgan fingerprint density at radius 1 is 1.10 bits per heavy atom. The summed E-state index contributed by atoms with van der Waals surface area (Å²) in [4.78, 5) is 10.2. The molecule has 1 aromatic carbocycles. The number of hydrogen-bond acceptors (Lipinski definition) is 4. The summed E-state index contributed by atoms with van der Waals surface area (Å²) in [5.41, 5.74) is 5.03. The number of fused-ring (bicyclic) bond motifs is 1. The van der Waals surface area contributed by atoms with Gasteiger partial charge in [-0.1, -0.05) is 6.07 Å². The van der Waals surface area contributed by atoms with Crippen molar-refractivity contribution < 1.29 is 0 Å². The molecule has 1 aliphatic rings. The number of pyridine rings is 1. The van der Waals surface area contributed by atoms with E-state index in [1.165, 1.54) is 54.1 Å². The van der Waals surface area contributed by atoms with E-state index in [-0.39, 0.29) is 0 Å². The van der Waals surface area contributed by atoms with Crippen molar-refractivity contribution in [3.8, 4) is 5.69 Å². The smallest absolute Gasteiger partial charge is 0.123 e. The highest BCUT2D eigenvalue weighted by molar-refractivity contribution is 5.85. The Hall–Kier alpha value is -2.99. The minimum absolute atomic E-state index is 0.691. The summed E-state index contributed by atoms with van der Waals surface area (Å²) in [6, 6.07) is 11.4. The fourth-order valence-corrected chi connectivity index (χ4v) is 5.01. The minimum Gasteiger partial charge on any atom is -0.361 e. The standard InChI is InChI=1S/C25H30N6/c1-30(16-20-3-2-12-26-14-20)22-8-5-19(6-9-22)4-7-21-15-27-25-11-10-23(13-24(21)25)31-17-28-29-18-31/h2-3,10-15,17-19,22,27H,4-9,16H2,1H3. The summed E-state index contributed by atoms with van der Waals surface area (Å²) in [5, 5.41) is 9.17. The van der Waals surface area contributed by atoms with E-state index in [2.05, 4.69) is 62.6 Å². The molecular weight excluding hydrogens is 384 g/mol. The number of aryl methyl sites for hydroxylation is 1. The van der Waals surface area contributed by atoms with E-state index >= 15 is 0 Å². The molecule has 6 heteroatoms. The van der Waals surface area contributed by atoms with Crippen LogP contribution in [0.5, 0.6) is 0 Å². The van der Waals surface area contributed by atoms with Crippen LogP contribution in [-0.4, -0.2) is 42.7 Å². The Bertz CT molecular complexity index is 1090. The summed E-state index contributed by atoms with van der Waals surface area (Å²) < 4.78 is 1.96. The lowest BCUT2D eigenvalue weighted by molar-refractivity contribution is 0.156. The fraction of sp³-hybridized carbons (Fsp3) is 0.400. The number of benzene rings is 1. The lowest BCUT2D eigenvalue weighted by Crippen LogP contribution is -2.34. The zero-order valence-corrected chi connectivity index (χ0v) is 18.1. The van der Waals surface area contributed by atoms with Crippen molar-refractivity contribution in [1.29, 1.82) is 0 Å². The second-order valence-corrected chi connectivity index (χ2v) is 8.90. The lowest BCUT2D eigenvalue weighted by Gasteiger charge is -2.34. The number of hydrogen-bond donors (Lipinski definition) is 1. The molecule has 0 atom stereocenters. The van der Waals surface area contributed by atoms with Crippen molar-refractivity contribution >= 4 is 10.9 Å². The van der Waals surface area contributed by atoms with Gasteiger partial charge in [0.25, 0.3) is 0 Å². The van der Waals surface area contributed by atoms with E-state index in [1.807, 2.05) is 23.0 Å². The van der Waals surface area contributed by atoms with Crippen LogP contribution in [0.2, 0.25) is 0 Å². The maximum atomic E-state index is 4.25. The first-order valence-corrected chi connectivity index (χ1v) is 11.3. The van der Waals surface area contributed by atoms with Gasteiger partial charge < -0.3 is 4.98 Å². The van der Waals surface area contributed by atoms with Gasteiger partial charge in [-0.3, -0.25) is 14.5 Å². The maximum absolute atomic E-state index is 4.25. The number of rotatable bonds is 7. The van der Waals surface area contributed by atoms with Gasteiger partial charge in [0.2, 0.25) is 0 Å². The number of nitrogens with one attached hydrogen (secondary N) is 1. The molecule has 0 amide bonds. The Labute approximate surface area is 183 Å². The number of aromatic amines is 1. The van der Waals surface area contributed by atoms with Crippen LogP contribution in [0, 0.1) is 5.92 Å². The first-order valence-electron chi connectivity index (χ1n) is 11.3. The van der Waals surface area contributed by atoms with E-state index in [1.54, 1.807) is 12.7 Å². The lowest BCUT2D eigenvalue weighted by atomic mass is 9.82. The van der Waals surface area contributed by atoms with Crippen molar-refractivity contribution in [3.05, 3.63) is 72.7 Å². The Balaban J connectivity index is 1.16. The molecular formula is C25H30N6. The first-order chi connectivity index (χ1) is 15.3. The fourth-order valence-electron chi connectivity index (χ4n) is 5.01. The number of H-pyrrole nitrogens is 1. The van der Waals surface area contributed by atoms with E-state index in [9.17, 15) is 0 Å². The van der Waals surface area contributed by atoms with E-state index in [0.717, 1.165) is 24.6 Å². The van der Waals surface area contributed by atoms with Crippen LogP contribution in [0.4, 0.5) is 0 Å². The minimum atomic E-state index is 0.691. The van der Waals surface area contributed by atoms with Crippen LogP contribution in [0.1, 0.15) is 43.2 Å². The second kappa shape index (κ2) is 9.02. The molecule has 3 heterocycles. The third-order valence-electron chi connectivity index (χ3n) is 6.88.